The Labute approximate surface area is 166 Å². The minimum Gasteiger partial charge on any atom is -0.454 e. The molecular weight excluding hydrogens is 356 g/mol. The lowest BCUT2D eigenvalue weighted by Gasteiger charge is -2.33. The van der Waals surface area contributed by atoms with Crippen LogP contribution in [0.1, 0.15) is 44.1 Å². The van der Waals surface area contributed by atoms with Crippen molar-refractivity contribution in [3.63, 3.8) is 0 Å². The number of hydrogen-bond donors (Lipinski definition) is 0. The van der Waals surface area contributed by atoms with Gasteiger partial charge in [0.1, 0.15) is 0 Å². The summed E-state index contributed by atoms with van der Waals surface area (Å²) in [6.07, 6.45) is 9.63. The molecule has 6 heteroatoms. The molecule has 2 fully saturated rings. The number of carbonyl (C=O) groups excluding carboxylic acids is 2. The van der Waals surface area contributed by atoms with Gasteiger partial charge in [-0.05, 0) is 49.5 Å². The molecule has 0 saturated carbocycles. The first-order chi connectivity index (χ1) is 13.7. The van der Waals surface area contributed by atoms with Crippen molar-refractivity contribution in [2.75, 3.05) is 33.0 Å². The van der Waals surface area contributed by atoms with Crippen LogP contribution in [0, 0.1) is 5.92 Å². The molecule has 2 amide bonds. The molecule has 0 radical (unpaired) electrons. The fourth-order valence-corrected chi connectivity index (χ4v) is 4.19. The van der Waals surface area contributed by atoms with E-state index in [-0.39, 0.29) is 18.6 Å². The molecule has 28 heavy (non-hydrogen) atoms. The number of fused-ring (bicyclic) bond motifs is 1. The summed E-state index contributed by atoms with van der Waals surface area (Å²) < 4.78 is 10.7. The summed E-state index contributed by atoms with van der Waals surface area (Å²) in [5, 5.41) is 0. The first-order valence-corrected chi connectivity index (χ1v) is 10.4. The van der Waals surface area contributed by atoms with Gasteiger partial charge in [-0.3, -0.25) is 9.59 Å². The number of carbonyl (C=O) groups is 2. The quantitative estimate of drug-likeness (QED) is 0.752. The molecule has 1 aromatic rings. The van der Waals surface area contributed by atoms with E-state index in [0.29, 0.717) is 24.7 Å². The zero-order valence-electron chi connectivity index (χ0n) is 16.3. The van der Waals surface area contributed by atoms with Crippen LogP contribution < -0.4 is 9.47 Å². The Balaban J connectivity index is 1.28. The number of ether oxygens (including phenoxy) is 2. The number of piperidine rings is 1. The smallest absolute Gasteiger partial charge is 0.246 e. The van der Waals surface area contributed by atoms with Crippen LogP contribution in [0.15, 0.2) is 24.3 Å². The molecule has 6 nitrogen and oxygen atoms in total. The van der Waals surface area contributed by atoms with E-state index in [1.807, 2.05) is 23.1 Å². The van der Waals surface area contributed by atoms with Crippen LogP contribution in [0.4, 0.5) is 0 Å². The SMILES string of the molecule is O=C(C=Cc1ccc2c(c1)OCO2)N1CCC(C(=O)N2CCCCCC2)CC1. The number of benzene rings is 1. The van der Waals surface area contributed by atoms with Gasteiger partial charge in [-0.1, -0.05) is 18.9 Å². The van der Waals surface area contributed by atoms with Crippen LogP contribution in [0.25, 0.3) is 6.08 Å². The first kappa shape index (κ1) is 18.8. The molecule has 0 bridgehead atoms. The number of likely N-dealkylation sites (tertiary alicyclic amines) is 2. The van der Waals surface area contributed by atoms with E-state index in [4.69, 9.17) is 9.47 Å². The second-order valence-electron chi connectivity index (χ2n) is 7.79. The van der Waals surface area contributed by atoms with Crippen molar-refractivity contribution < 1.29 is 19.1 Å². The summed E-state index contributed by atoms with van der Waals surface area (Å²) >= 11 is 0. The standard InChI is InChI=1S/C22H28N2O4/c25-21(8-6-17-5-7-19-20(15-17)28-16-27-19)23-13-9-18(10-14-23)22(26)24-11-3-1-2-4-12-24/h5-8,15,18H,1-4,9-14,16H2. The van der Waals surface area contributed by atoms with Gasteiger partial charge < -0.3 is 19.3 Å². The maximum Gasteiger partial charge on any atom is 0.246 e. The molecule has 0 aliphatic carbocycles. The Morgan fingerprint density at radius 2 is 1.61 bits per heavy atom. The molecule has 3 aliphatic rings. The second kappa shape index (κ2) is 8.67. The first-order valence-electron chi connectivity index (χ1n) is 10.4. The van der Waals surface area contributed by atoms with Crippen LogP contribution >= 0.6 is 0 Å². The van der Waals surface area contributed by atoms with E-state index in [1.165, 1.54) is 12.8 Å². The van der Waals surface area contributed by atoms with Crippen LogP contribution in [0.5, 0.6) is 11.5 Å². The molecule has 3 heterocycles. The highest BCUT2D eigenvalue weighted by Crippen LogP contribution is 2.32. The Morgan fingerprint density at radius 1 is 0.893 bits per heavy atom. The van der Waals surface area contributed by atoms with E-state index in [1.54, 1.807) is 12.2 Å². The zero-order chi connectivity index (χ0) is 19.3. The monoisotopic (exact) mass is 384 g/mol. The molecule has 2 saturated heterocycles. The molecule has 1 aromatic carbocycles. The molecular formula is C22H28N2O4. The van der Waals surface area contributed by atoms with Crippen molar-refractivity contribution in [2.24, 2.45) is 5.92 Å². The Bertz CT molecular complexity index is 745. The van der Waals surface area contributed by atoms with Crippen LogP contribution in [-0.2, 0) is 9.59 Å². The van der Waals surface area contributed by atoms with Gasteiger partial charge in [0.25, 0.3) is 0 Å². The predicted octanol–water partition coefficient (Wildman–Crippen LogP) is 3.07. The van der Waals surface area contributed by atoms with Crippen molar-refractivity contribution in [3.8, 4) is 11.5 Å². The van der Waals surface area contributed by atoms with Crippen LogP contribution in [0.3, 0.4) is 0 Å². The molecule has 0 unspecified atom stereocenters. The van der Waals surface area contributed by atoms with E-state index in [0.717, 1.165) is 50.1 Å². The van der Waals surface area contributed by atoms with Gasteiger partial charge in [-0.15, -0.1) is 0 Å². The fraction of sp³-hybridized carbons (Fsp3) is 0.545. The van der Waals surface area contributed by atoms with Crippen LogP contribution in [0.2, 0.25) is 0 Å². The number of amides is 2. The fourth-order valence-electron chi connectivity index (χ4n) is 4.19. The lowest BCUT2D eigenvalue weighted by Crippen LogP contribution is -2.44. The van der Waals surface area contributed by atoms with Crippen molar-refractivity contribution in [1.82, 2.24) is 9.80 Å². The lowest BCUT2D eigenvalue weighted by molar-refractivity contribution is -0.139. The summed E-state index contributed by atoms with van der Waals surface area (Å²) in [5.74, 6) is 1.81. The highest BCUT2D eigenvalue weighted by Gasteiger charge is 2.29. The summed E-state index contributed by atoms with van der Waals surface area (Å²) in [5.41, 5.74) is 0.906. The maximum absolute atomic E-state index is 12.8. The van der Waals surface area contributed by atoms with Gasteiger partial charge in [0.2, 0.25) is 18.6 Å². The highest BCUT2D eigenvalue weighted by molar-refractivity contribution is 5.92. The molecule has 0 aromatic heterocycles. The average molecular weight is 384 g/mol. The third kappa shape index (κ3) is 4.32. The summed E-state index contributed by atoms with van der Waals surface area (Å²) in [6, 6.07) is 5.63. The summed E-state index contributed by atoms with van der Waals surface area (Å²) in [4.78, 5) is 29.2. The van der Waals surface area contributed by atoms with E-state index in [9.17, 15) is 9.59 Å². The summed E-state index contributed by atoms with van der Waals surface area (Å²) in [6.45, 7) is 3.34. The number of nitrogens with zero attached hydrogens (tertiary/aromatic N) is 2. The minimum atomic E-state index is -0.00154. The molecule has 0 atom stereocenters. The number of hydrogen-bond acceptors (Lipinski definition) is 4. The number of rotatable bonds is 3. The van der Waals surface area contributed by atoms with E-state index in [2.05, 4.69) is 4.90 Å². The van der Waals surface area contributed by atoms with Gasteiger partial charge in [-0.25, -0.2) is 0 Å². The van der Waals surface area contributed by atoms with E-state index < -0.39 is 0 Å². The maximum atomic E-state index is 12.8. The molecule has 0 N–H and O–H groups in total. The second-order valence-corrected chi connectivity index (χ2v) is 7.79. The molecule has 150 valence electrons. The van der Waals surface area contributed by atoms with Gasteiger partial charge in [0.05, 0.1) is 0 Å². The Morgan fingerprint density at radius 3 is 2.36 bits per heavy atom. The zero-order valence-corrected chi connectivity index (χ0v) is 16.3. The lowest BCUT2D eigenvalue weighted by atomic mass is 9.95. The predicted molar refractivity (Wildman–Crippen MR) is 106 cm³/mol. The third-order valence-corrected chi connectivity index (χ3v) is 5.89. The van der Waals surface area contributed by atoms with Crippen molar-refractivity contribution in [2.45, 2.75) is 38.5 Å². The van der Waals surface area contributed by atoms with Crippen molar-refractivity contribution in [1.29, 1.82) is 0 Å². The Hall–Kier alpha value is -2.50. The minimum absolute atomic E-state index is 0.00154. The van der Waals surface area contributed by atoms with Gasteiger partial charge in [0, 0.05) is 38.2 Å². The average Bonchev–Trinajstić information content (AvgIpc) is 3.03. The van der Waals surface area contributed by atoms with Crippen molar-refractivity contribution in [3.05, 3.63) is 29.8 Å². The summed E-state index contributed by atoms with van der Waals surface area (Å²) in [7, 11) is 0. The largest absolute Gasteiger partial charge is 0.454 e. The van der Waals surface area contributed by atoms with Crippen molar-refractivity contribution >= 4 is 17.9 Å². The third-order valence-electron chi connectivity index (χ3n) is 5.89. The molecule has 4 rings (SSSR count). The Kier molecular flexibility index (Phi) is 5.84. The van der Waals surface area contributed by atoms with Gasteiger partial charge in [0.15, 0.2) is 11.5 Å². The molecule has 0 spiro atoms. The highest BCUT2D eigenvalue weighted by atomic mass is 16.7. The van der Waals surface area contributed by atoms with Crippen LogP contribution in [-0.4, -0.2) is 54.6 Å². The normalized spacial score (nSPS) is 20.4. The van der Waals surface area contributed by atoms with Gasteiger partial charge >= 0.3 is 0 Å². The molecule has 3 aliphatic heterocycles. The van der Waals surface area contributed by atoms with Gasteiger partial charge in [-0.2, -0.15) is 0 Å². The van der Waals surface area contributed by atoms with E-state index >= 15 is 0 Å². The topological polar surface area (TPSA) is 59.1 Å².